The lowest BCUT2D eigenvalue weighted by molar-refractivity contribution is -0.905. The van der Waals surface area contributed by atoms with Crippen molar-refractivity contribution < 1.29 is 34.3 Å². The van der Waals surface area contributed by atoms with Crippen LogP contribution in [-0.2, 0) is 20.7 Å². The maximum absolute atomic E-state index is 12.0. The highest BCUT2D eigenvalue weighted by Crippen LogP contribution is 2.12. The van der Waals surface area contributed by atoms with Crippen molar-refractivity contribution in [3.63, 3.8) is 0 Å². The number of carboxylic acid groups (broad SMARTS) is 1. The number of hydrogen-bond acceptors (Lipinski definition) is 5. The number of aromatic nitrogens is 1. The molecule has 4 N–H and O–H groups in total. The zero-order valence-electron chi connectivity index (χ0n) is 12.3. The Morgan fingerprint density at radius 3 is 2.96 bits per heavy atom. The van der Waals surface area contributed by atoms with Crippen molar-refractivity contribution in [2.75, 3.05) is 0 Å². The minimum absolute atomic E-state index is 0.0346. The number of aliphatic carboxylic acids is 1. The van der Waals surface area contributed by atoms with Crippen LogP contribution in [0, 0.1) is 0 Å². The van der Waals surface area contributed by atoms with Gasteiger partial charge in [0.05, 0.1) is 24.9 Å². The van der Waals surface area contributed by atoms with E-state index in [1.165, 1.54) is 12.4 Å². The molecular formula is C14H18BN2O6+. The van der Waals surface area contributed by atoms with E-state index in [1.807, 2.05) is 0 Å². The molecule has 1 amide bonds. The van der Waals surface area contributed by atoms with Gasteiger partial charge in [0.25, 0.3) is 0 Å². The van der Waals surface area contributed by atoms with Crippen LogP contribution < -0.4 is 10.0 Å². The van der Waals surface area contributed by atoms with Crippen LogP contribution in [0.2, 0.25) is 0 Å². The lowest BCUT2D eigenvalue weighted by atomic mass is 9.77. The highest BCUT2D eigenvalue weighted by molar-refractivity contribution is 6.45. The fraction of sp³-hybridized carbons (Fsp3) is 0.357. The first kappa shape index (κ1) is 17.0. The second-order valence-corrected chi connectivity index (χ2v) is 5.27. The van der Waals surface area contributed by atoms with Crippen molar-refractivity contribution in [3.8, 4) is 0 Å². The highest BCUT2D eigenvalue weighted by Gasteiger charge is 2.32. The fourth-order valence-corrected chi connectivity index (χ4v) is 2.29. The Kier molecular flexibility index (Phi) is 5.72. The predicted molar refractivity (Wildman–Crippen MR) is 78.3 cm³/mol. The van der Waals surface area contributed by atoms with Gasteiger partial charge in [0, 0.05) is 16.4 Å². The molecule has 1 aromatic heterocycles. The van der Waals surface area contributed by atoms with E-state index in [2.05, 4.69) is 5.32 Å². The average Bonchev–Trinajstić information content (AvgIpc) is 2.60. The maximum atomic E-state index is 12.0. The van der Waals surface area contributed by atoms with Crippen LogP contribution in [-0.4, -0.2) is 46.4 Å². The van der Waals surface area contributed by atoms with Crippen LogP contribution in [0.1, 0.15) is 18.4 Å². The van der Waals surface area contributed by atoms with Gasteiger partial charge in [0.2, 0.25) is 18.3 Å². The molecule has 1 aliphatic rings. The van der Waals surface area contributed by atoms with Crippen LogP contribution in [0.4, 0.5) is 0 Å². The second-order valence-electron chi connectivity index (χ2n) is 5.27. The molecule has 0 saturated heterocycles. The molecule has 0 unspecified atom stereocenters. The predicted octanol–water partition coefficient (Wildman–Crippen LogP) is -0.922. The zero-order valence-corrected chi connectivity index (χ0v) is 12.3. The summed E-state index contributed by atoms with van der Waals surface area (Å²) in [5.41, 5.74) is 0.607. The van der Waals surface area contributed by atoms with Gasteiger partial charge in [-0.15, -0.1) is 0 Å². The van der Waals surface area contributed by atoms with E-state index < -0.39 is 25.1 Å². The van der Waals surface area contributed by atoms with E-state index in [1.54, 1.807) is 24.3 Å². The summed E-state index contributed by atoms with van der Waals surface area (Å²) in [6.07, 6.45) is 5.46. The first-order chi connectivity index (χ1) is 10.9. The Morgan fingerprint density at radius 2 is 2.26 bits per heavy atom. The smallest absolute Gasteiger partial charge is 0.478 e. The van der Waals surface area contributed by atoms with Gasteiger partial charge in [-0.3, -0.25) is 14.8 Å². The van der Waals surface area contributed by atoms with Crippen LogP contribution in [0.5, 0.6) is 0 Å². The van der Waals surface area contributed by atoms with Crippen molar-refractivity contribution in [1.82, 2.24) is 5.32 Å². The number of amides is 1. The van der Waals surface area contributed by atoms with Gasteiger partial charge >= 0.3 is 13.1 Å². The third kappa shape index (κ3) is 5.39. The minimum atomic E-state index is -1.29. The Hall–Kier alpha value is -2.39. The molecule has 1 aliphatic heterocycles. The summed E-state index contributed by atoms with van der Waals surface area (Å²) in [5, 5.41) is 30.7. The monoisotopic (exact) mass is 321 g/mol. The number of rotatable bonds is 5. The van der Waals surface area contributed by atoms with Gasteiger partial charge in [-0.1, -0.05) is 12.2 Å². The summed E-state index contributed by atoms with van der Waals surface area (Å²) in [6.45, 7) is 0. The number of carbonyl (C=O) groups is 2. The highest BCUT2D eigenvalue weighted by atomic mass is 16.5. The van der Waals surface area contributed by atoms with E-state index in [0.29, 0.717) is 12.0 Å². The molecular weight excluding hydrogens is 303 g/mol. The molecule has 0 saturated carbocycles. The number of nitrogens with zero attached hydrogens (tertiary/aromatic N) is 1. The summed E-state index contributed by atoms with van der Waals surface area (Å²) in [4.78, 5) is 22.7. The van der Waals surface area contributed by atoms with Crippen molar-refractivity contribution in [2.24, 2.45) is 0 Å². The Balaban J connectivity index is 1.90. The molecule has 0 radical (unpaired) electrons. The van der Waals surface area contributed by atoms with Crippen molar-refractivity contribution in [1.29, 1.82) is 0 Å². The van der Waals surface area contributed by atoms with Crippen LogP contribution in [0.15, 0.2) is 36.7 Å². The topological polar surface area (TPSA) is 120 Å². The van der Waals surface area contributed by atoms with Gasteiger partial charge < -0.3 is 20.1 Å². The standard InChI is InChI=1S/C14H17BN2O6/c18-13(7-10-3-2-6-17(22)9-10)16-12-5-1-4-11(8-14(19)20)23-15(12)21/h1-4,6,9,11-12,21H,5,7-8H2,(H2-,16,18,19,20,22)/p+1/t11-,12+/m1/s1. The first-order valence-corrected chi connectivity index (χ1v) is 7.15. The molecule has 2 heterocycles. The summed E-state index contributed by atoms with van der Waals surface area (Å²) in [5.74, 6) is -2.04. The molecule has 0 fully saturated rings. The van der Waals surface area contributed by atoms with E-state index >= 15 is 0 Å². The summed E-state index contributed by atoms with van der Waals surface area (Å²) >= 11 is 0. The number of carbonyl (C=O) groups excluding carboxylic acids is 1. The van der Waals surface area contributed by atoms with Gasteiger partial charge in [-0.05, 0) is 12.5 Å². The van der Waals surface area contributed by atoms with Gasteiger partial charge in [-0.25, -0.2) is 0 Å². The van der Waals surface area contributed by atoms with Crippen LogP contribution in [0.25, 0.3) is 0 Å². The fourth-order valence-electron chi connectivity index (χ4n) is 2.29. The van der Waals surface area contributed by atoms with Crippen molar-refractivity contribution in [3.05, 3.63) is 42.2 Å². The summed E-state index contributed by atoms with van der Waals surface area (Å²) < 4.78 is 6.09. The number of nitrogens with one attached hydrogen (secondary N) is 1. The second kappa shape index (κ2) is 7.75. The number of pyridine rings is 1. The van der Waals surface area contributed by atoms with E-state index in [0.717, 1.165) is 4.73 Å². The quantitative estimate of drug-likeness (QED) is 0.241. The lowest BCUT2D eigenvalue weighted by Gasteiger charge is -2.20. The minimum Gasteiger partial charge on any atom is -0.481 e. The molecule has 0 aromatic carbocycles. The van der Waals surface area contributed by atoms with E-state index in [-0.39, 0.29) is 18.7 Å². The van der Waals surface area contributed by atoms with E-state index in [4.69, 9.17) is 9.76 Å². The molecule has 0 spiro atoms. The van der Waals surface area contributed by atoms with Crippen LogP contribution >= 0.6 is 0 Å². The molecule has 1 aromatic rings. The van der Waals surface area contributed by atoms with E-state index in [9.17, 15) is 19.8 Å². The first-order valence-electron chi connectivity index (χ1n) is 7.15. The number of hydrogen-bond donors (Lipinski definition) is 4. The third-order valence-corrected chi connectivity index (χ3v) is 3.33. The zero-order chi connectivity index (χ0) is 16.8. The van der Waals surface area contributed by atoms with Gasteiger partial charge in [0.15, 0.2) is 0 Å². The lowest BCUT2D eigenvalue weighted by Crippen LogP contribution is -2.48. The number of carboxylic acids is 1. The Labute approximate surface area is 133 Å². The average molecular weight is 321 g/mol. The Bertz CT molecular complexity index is 609. The van der Waals surface area contributed by atoms with Gasteiger partial charge in [0.1, 0.15) is 0 Å². The molecule has 9 heteroatoms. The molecule has 0 bridgehead atoms. The normalized spacial score (nSPS) is 20.8. The molecule has 122 valence electrons. The molecule has 23 heavy (non-hydrogen) atoms. The third-order valence-electron chi connectivity index (χ3n) is 3.33. The SMILES string of the molecule is O=C(O)C[C@H]1C=CC[C@H](NC(=O)Cc2ccc[n+](O)c2)B(O)O1. The Morgan fingerprint density at radius 1 is 1.48 bits per heavy atom. The van der Waals surface area contributed by atoms with Crippen molar-refractivity contribution >= 4 is 19.0 Å². The molecule has 2 rings (SSSR count). The summed E-state index contributed by atoms with van der Waals surface area (Å²) in [6, 6.07) is 3.29. The molecule has 8 nitrogen and oxygen atoms in total. The maximum Gasteiger partial charge on any atom is 0.478 e. The molecule has 0 aliphatic carbocycles. The van der Waals surface area contributed by atoms with Gasteiger partial charge in [-0.2, -0.15) is 0 Å². The van der Waals surface area contributed by atoms with Crippen LogP contribution in [0.3, 0.4) is 0 Å². The largest absolute Gasteiger partial charge is 0.481 e. The van der Waals surface area contributed by atoms with Crippen molar-refractivity contribution in [2.45, 2.75) is 31.3 Å². The summed E-state index contributed by atoms with van der Waals surface area (Å²) in [7, 11) is -1.29. The molecule has 2 atom stereocenters.